The second-order valence-corrected chi connectivity index (χ2v) is 8.83. The number of aliphatic hydroxyl groups excluding tert-OH is 1. The number of aliphatic hydroxyl groups is 1. The topological polar surface area (TPSA) is 71.5 Å². The first kappa shape index (κ1) is 22.0. The van der Waals surface area contributed by atoms with E-state index in [1.54, 1.807) is 0 Å². The van der Waals surface area contributed by atoms with Gasteiger partial charge in [-0.25, -0.2) is 0 Å². The van der Waals surface area contributed by atoms with E-state index in [2.05, 4.69) is 11.0 Å². The number of carbonyl (C=O) groups is 1. The highest BCUT2D eigenvalue weighted by molar-refractivity contribution is 6.30. The van der Waals surface area contributed by atoms with Gasteiger partial charge in [0.1, 0.15) is 0 Å². The first-order chi connectivity index (χ1) is 14.6. The number of carbonyl (C=O) groups excluding carboxylic acids is 1. The number of benzene rings is 1. The number of amides is 1. The molecule has 1 N–H and O–H groups in total. The Morgan fingerprint density at radius 3 is 2.80 bits per heavy atom. The Labute approximate surface area is 182 Å². The van der Waals surface area contributed by atoms with E-state index in [0.29, 0.717) is 57.4 Å². The van der Waals surface area contributed by atoms with Crippen LogP contribution < -0.4 is 0 Å². The second kappa shape index (κ2) is 10.4. The molecule has 166 valence electrons. The van der Waals surface area contributed by atoms with Crippen molar-refractivity contribution in [1.82, 2.24) is 9.80 Å². The minimum absolute atomic E-state index is 0.0948. The fraction of sp³-hybridized carbons (Fsp3) is 0.682. The van der Waals surface area contributed by atoms with Gasteiger partial charge >= 0.3 is 0 Å². The van der Waals surface area contributed by atoms with Crippen molar-refractivity contribution in [2.24, 2.45) is 0 Å². The smallest absolute Gasteiger partial charge is 0.225 e. The summed E-state index contributed by atoms with van der Waals surface area (Å²) in [5, 5.41) is 11.0. The van der Waals surface area contributed by atoms with Crippen molar-refractivity contribution in [3.05, 3.63) is 34.9 Å². The molecule has 0 spiro atoms. The maximum atomic E-state index is 12.6. The molecule has 30 heavy (non-hydrogen) atoms. The number of nitrogens with zero attached hydrogens (tertiary/aromatic N) is 2. The first-order valence-corrected chi connectivity index (χ1v) is 11.2. The van der Waals surface area contributed by atoms with E-state index >= 15 is 0 Å². The predicted molar refractivity (Wildman–Crippen MR) is 112 cm³/mol. The van der Waals surface area contributed by atoms with E-state index in [9.17, 15) is 9.90 Å². The summed E-state index contributed by atoms with van der Waals surface area (Å²) in [6, 6.07) is 7.96. The molecule has 4 rings (SSSR count). The lowest BCUT2D eigenvalue weighted by atomic mass is 9.94. The SMILES string of the molecule is O=C(C[C@H]1CC[C@@H]2[C@H](COC[C@H](O)CN2Cc2cccc(Cl)c2)O1)N1CCOCC1. The Kier molecular flexibility index (Phi) is 7.62. The van der Waals surface area contributed by atoms with Crippen LogP contribution in [0.2, 0.25) is 5.02 Å². The third kappa shape index (κ3) is 5.72. The largest absolute Gasteiger partial charge is 0.389 e. The zero-order chi connectivity index (χ0) is 20.9. The van der Waals surface area contributed by atoms with Crippen LogP contribution in [0.15, 0.2) is 24.3 Å². The van der Waals surface area contributed by atoms with Gasteiger partial charge in [0.25, 0.3) is 0 Å². The lowest BCUT2D eigenvalue weighted by molar-refractivity contribution is -0.162. The minimum atomic E-state index is -0.536. The molecule has 0 aromatic heterocycles. The molecule has 0 aliphatic carbocycles. The molecule has 1 aromatic carbocycles. The van der Waals surface area contributed by atoms with E-state index < -0.39 is 6.10 Å². The number of halogens is 1. The highest BCUT2D eigenvalue weighted by Crippen LogP contribution is 2.29. The molecule has 7 nitrogen and oxygen atoms in total. The van der Waals surface area contributed by atoms with Gasteiger partial charge in [0.15, 0.2) is 0 Å². The summed E-state index contributed by atoms with van der Waals surface area (Å²) in [6.45, 7) is 4.46. The maximum absolute atomic E-state index is 12.6. The molecule has 0 unspecified atom stereocenters. The molecule has 3 aliphatic heterocycles. The van der Waals surface area contributed by atoms with Crippen molar-refractivity contribution >= 4 is 17.5 Å². The number of fused-ring (bicyclic) bond motifs is 1. The molecule has 0 radical (unpaired) electrons. The Morgan fingerprint density at radius 2 is 2.00 bits per heavy atom. The Hall–Kier alpha value is -1.22. The summed E-state index contributed by atoms with van der Waals surface area (Å²) in [4.78, 5) is 16.8. The zero-order valence-electron chi connectivity index (χ0n) is 17.2. The van der Waals surface area contributed by atoms with E-state index in [1.165, 1.54) is 0 Å². The van der Waals surface area contributed by atoms with Gasteiger partial charge in [-0.15, -0.1) is 0 Å². The van der Waals surface area contributed by atoms with Gasteiger partial charge in [-0.05, 0) is 30.5 Å². The normalized spacial score (nSPS) is 30.9. The monoisotopic (exact) mass is 438 g/mol. The van der Waals surface area contributed by atoms with Crippen LogP contribution in [0.4, 0.5) is 0 Å². The van der Waals surface area contributed by atoms with Crippen molar-refractivity contribution in [2.75, 3.05) is 46.1 Å². The van der Waals surface area contributed by atoms with Crippen LogP contribution in [-0.2, 0) is 25.5 Å². The number of hydrogen-bond acceptors (Lipinski definition) is 6. The summed E-state index contributed by atoms with van der Waals surface area (Å²) < 4.78 is 17.4. The van der Waals surface area contributed by atoms with Crippen LogP contribution in [0.1, 0.15) is 24.8 Å². The fourth-order valence-electron chi connectivity index (χ4n) is 4.63. The van der Waals surface area contributed by atoms with Gasteiger partial charge in [0, 0.05) is 37.2 Å². The Bertz CT molecular complexity index is 715. The lowest BCUT2D eigenvalue weighted by Crippen LogP contribution is -2.55. The van der Waals surface area contributed by atoms with Crippen LogP contribution in [0.25, 0.3) is 0 Å². The number of hydrogen-bond donors (Lipinski definition) is 1. The molecule has 1 amide bonds. The summed E-state index contributed by atoms with van der Waals surface area (Å²) in [7, 11) is 0. The molecule has 0 bridgehead atoms. The summed E-state index contributed by atoms with van der Waals surface area (Å²) in [5.74, 6) is 0.139. The van der Waals surface area contributed by atoms with E-state index in [4.69, 9.17) is 25.8 Å². The molecular weight excluding hydrogens is 408 g/mol. The molecular formula is C22H31ClN2O5. The van der Waals surface area contributed by atoms with Gasteiger partial charge in [0.05, 0.1) is 51.2 Å². The molecule has 3 fully saturated rings. The van der Waals surface area contributed by atoms with Crippen molar-refractivity contribution in [1.29, 1.82) is 0 Å². The van der Waals surface area contributed by atoms with E-state index in [0.717, 1.165) is 18.4 Å². The van der Waals surface area contributed by atoms with Crippen LogP contribution in [0.5, 0.6) is 0 Å². The van der Waals surface area contributed by atoms with Crippen LogP contribution in [0.3, 0.4) is 0 Å². The highest BCUT2D eigenvalue weighted by Gasteiger charge is 2.38. The molecule has 3 saturated heterocycles. The molecule has 0 saturated carbocycles. The average Bonchev–Trinajstić information content (AvgIpc) is 2.73. The van der Waals surface area contributed by atoms with E-state index in [-0.39, 0.29) is 30.8 Å². The summed E-state index contributed by atoms with van der Waals surface area (Å²) >= 11 is 6.16. The van der Waals surface area contributed by atoms with E-state index in [1.807, 2.05) is 23.1 Å². The van der Waals surface area contributed by atoms with Crippen LogP contribution >= 0.6 is 11.6 Å². The molecule has 4 atom stereocenters. The summed E-state index contributed by atoms with van der Waals surface area (Å²) in [6.07, 6.45) is 1.38. The standard InChI is InChI=1S/C22H31ClN2O5/c23-17-3-1-2-16(10-17)12-25-13-18(26)14-29-15-21-20(25)5-4-19(30-21)11-22(27)24-6-8-28-9-7-24/h1-3,10,18-21,26H,4-9,11-15H2/t18-,19-,20-,21+/m1/s1. The van der Waals surface area contributed by atoms with Gasteiger partial charge in [-0.2, -0.15) is 0 Å². The van der Waals surface area contributed by atoms with Gasteiger partial charge in [-0.3, -0.25) is 9.69 Å². The molecule has 3 heterocycles. The predicted octanol–water partition coefficient (Wildman–Crippen LogP) is 1.70. The average molecular weight is 439 g/mol. The van der Waals surface area contributed by atoms with Crippen LogP contribution in [0, 0.1) is 0 Å². The highest BCUT2D eigenvalue weighted by atomic mass is 35.5. The molecule has 1 aromatic rings. The minimum Gasteiger partial charge on any atom is -0.389 e. The van der Waals surface area contributed by atoms with Crippen molar-refractivity contribution < 1.29 is 24.1 Å². The number of ether oxygens (including phenoxy) is 3. The number of rotatable bonds is 4. The lowest BCUT2D eigenvalue weighted by Gasteiger charge is -2.44. The molecule has 3 aliphatic rings. The van der Waals surface area contributed by atoms with Gasteiger partial charge in [0.2, 0.25) is 5.91 Å². The quantitative estimate of drug-likeness (QED) is 0.771. The first-order valence-electron chi connectivity index (χ1n) is 10.8. The third-order valence-corrected chi connectivity index (χ3v) is 6.36. The number of β-amino-alcohol motifs (C(OH)–C–C–N with tert-alkyl or cyclic N) is 1. The Balaban J connectivity index is 1.40. The van der Waals surface area contributed by atoms with Crippen molar-refractivity contribution in [2.45, 2.75) is 50.2 Å². The Morgan fingerprint density at radius 1 is 1.17 bits per heavy atom. The van der Waals surface area contributed by atoms with Gasteiger partial charge in [-0.1, -0.05) is 23.7 Å². The maximum Gasteiger partial charge on any atom is 0.225 e. The van der Waals surface area contributed by atoms with Crippen LogP contribution in [-0.4, -0.2) is 91.2 Å². The second-order valence-electron chi connectivity index (χ2n) is 8.39. The van der Waals surface area contributed by atoms with Crippen molar-refractivity contribution in [3.8, 4) is 0 Å². The zero-order valence-corrected chi connectivity index (χ0v) is 18.0. The van der Waals surface area contributed by atoms with Crippen molar-refractivity contribution in [3.63, 3.8) is 0 Å². The summed E-state index contributed by atoms with van der Waals surface area (Å²) in [5.41, 5.74) is 1.11. The fourth-order valence-corrected chi connectivity index (χ4v) is 4.85. The number of morpholine rings is 1. The third-order valence-electron chi connectivity index (χ3n) is 6.13. The van der Waals surface area contributed by atoms with Gasteiger partial charge < -0.3 is 24.2 Å². The molecule has 8 heteroatoms.